The van der Waals surface area contributed by atoms with E-state index in [1.54, 1.807) is 0 Å². The predicted octanol–water partition coefficient (Wildman–Crippen LogP) is 16.6. The van der Waals surface area contributed by atoms with E-state index in [0.717, 1.165) is 128 Å². The molecule has 0 aromatic heterocycles. The Morgan fingerprint density at radius 3 is 0.984 bits per heavy atom. The molecule has 0 aromatic rings. The van der Waals surface area contributed by atoms with Crippen molar-refractivity contribution in [3.8, 4) is 0 Å². The van der Waals surface area contributed by atoms with E-state index in [4.69, 9.17) is 14.2 Å². The Morgan fingerprint density at radius 1 is 0.339 bits per heavy atom. The van der Waals surface area contributed by atoms with Crippen LogP contribution in [-0.2, 0) is 28.6 Å². The van der Waals surface area contributed by atoms with Gasteiger partial charge in [-0.05, 0) is 83.5 Å². The minimum absolute atomic E-state index is 0.102. The highest BCUT2D eigenvalue weighted by atomic mass is 16.6. The average Bonchev–Trinajstić information content (AvgIpc) is 3.27. The Morgan fingerprint density at radius 2 is 0.629 bits per heavy atom. The summed E-state index contributed by atoms with van der Waals surface area (Å²) in [5.74, 6) is -0.962. The third kappa shape index (κ3) is 47.4. The predicted molar refractivity (Wildman–Crippen MR) is 265 cm³/mol. The lowest BCUT2D eigenvalue weighted by Gasteiger charge is -2.18. The van der Waals surface area contributed by atoms with Gasteiger partial charge in [-0.15, -0.1) is 0 Å². The molecular weight excluding hydrogens is 769 g/mol. The van der Waals surface area contributed by atoms with Gasteiger partial charge in [-0.3, -0.25) is 14.4 Å². The largest absolute Gasteiger partial charge is 0.462 e. The van der Waals surface area contributed by atoms with Gasteiger partial charge >= 0.3 is 17.9 Å². The van der Waals surface area contributed by atoms with Crippen molar-refractivity contribution in [2.45, 2.75) is 226 Å². The first kappa shape index (κ1) is 58.3. The fourth-order valence-corrected chi connectivity index (χ4v) is 6.67. The molecule has 6 heteroatoms. The fourth-order valence-electron chi connectivity index (χ4n) is 6.67. The zero-order chi connectivity index (χ0) is 45.1. The van der Waals surface area contributed by atoms with E-state index in [1.807, 2.05) is 0 Å². The van der Waals surface area contributed by atoms with E-state index in [-0.39, 0.29) is 31.1 Å². The summed E-state index contributed by atoms with van der Waals surface area (Å²) in [6.07, 6.45) is 65.3. The van der Waals surface area contributed by atoms with Gasteiger partial charge < -0.3 is 14.2 Å². The third-order valence-corrected chi connectivity index (χ3v) is 10.5. The topological polar surface area (TPSA) is 78.9 Å². The van der Waals surface area contributed by atoms with Crippen molar-refractivity contribution in [1.82, 2.24) is 0 Å². The molecule has 0 radical (unpaired) electrons. The summed E-state index contributed by atoms with van der Waals surface area (Å²) >= 11 is 0. The van der Waals surface area contributed by atoms with Crippen LogP contribution in [0.3, 0.4) is 0 Å². The number of unbranched alkanes of at least 4 members (excludes halogenated alkanes) is 22. The number of hydrogen-bond acceptors (Lipinski definition) is 6. The van der Waals surface area contributed by atoms with Crippen molar-refractivity contribution < 1.29 is 28.6 Å². The fraction of sp³-hybridized carbons (Fsp3) is 0.661. The van der Waals surface area contributed by atoms with Crippen LogP contribution in [0.25, 0.3) is 0 Å². The number of hydrogen-bond donors (Lipinski definition) is 0. The lowest BCUT2D eigenvalue weighted by Crippen LogP contribution is -2.30. The molecule has 0 N–H and O–H groups in total. The van der Waals surface area contributed by atoms with Gasteiger partial charge in [0.1, 0.15) is 13.2 Å². The van der Waals surface area contributed by atoms with Crippen molar-refractivity contribution in [1.29, 1.82) is 0 Å². The number of allylic oxidation sites excluding steroid dienone is 16. The lowest BCUT2D eigenvalue weighted by atomic mass is 10.1. The minimum Gasteiger partial charge on any atom is -0.462 e. The first-order chi connectivity index (χ1) is 30.5. The highest BCUT2D eigenvalue weighted by Crippen LogP contribution is 2.13. The Balaban J connectivity index is 4.45. The molecular formula is C56H92O6. The van der Waals surface area contributed by atoms with Crippen molar-refractivity contribution in [2.75, 3.05) is 13.2 Å². The van der Waals surface area contributed by atoms with Gasteiger partial charge in [-0.25, -0.2) is 0 Å². The summed E-state index contributed by atoms with van der Waals surface area (Å²) in [5.41, 5.74) is 0. The highest BCUT2D eigenvalue weighted by Gasteiger charge is 2.19. The van der Waals surface area contributed by atoms with Crippen LogP contribution in [-0.4, -0.2) is 37.2 Å². The van der Waals surface area contributed by atoms with Crippen molar-refractivity contribution >= 4 is 17.9 Å². The molecule has 0 aliphatic rings. The lowest BCUT2D eigenvalue weighted by molar-refractivity contribution is -0.167. The molecule has 1 atom stereocenters. The van der Waals surface area contributed by atoms with Crippen molar-refractivity contribution in [3.05, 3.63) is 97.2 Å². The van der Waals surface area contributed by atoms with Crippen molar-refractivity contribution in [3.63, 3.8) is 0 Å². The molecule has 62 heavy (non-hydrogen) atoms. The monoisotopic (exact) mass is 861 g/mol. The van der Waals surface area contributed by atoms with E-state index in [9.17, 15) is 14.4 Å². The van der Waals surface area contributed by atoms with Crippen LogP contribution in [0.1, 0.15) is 220 Å². The van der Waals surface area contributed by atoms with Gasteiger partial charge in [0.2, 0.25) is 0 Å². The summed E-state index contributed by atoms with van der Waals surface area (Å²) in [7, 11) is 0. The SMILES string of the molecule is CC/C=C/C=C/C=C/CCCCCCCC(=O)OCC(COC(=O)CCCCCCC/C=C/C=C/CCCCCCCCC)OC(=O)CCCCCCC/C=C/C=C/C=C/CC. The van der Waals surface area contributed by atoms with Crippen molar-refractivity contribution in [2.24, 2.45) is 0 Å². The molecule has 0 rings (SSSR count). The van der Waals surface area contributed by atoms with Crippen LogP contribution in [0, 0.1) is 0 Å². The smallest absolute Gasteiger partial charge is 0.306 e. The summed E-state index contributed by atoms with van der Waals surface area (Å²) in [5, 5.41) is 0. The minimum atomic E-state index is -0.803. The standard InChI is InChI=1S/C56H92O6/c1-4-7-10-13-16-19-22-25-26-27-28-29-32-34-37-40-43-46-49-55(58)61-52-53(62-56(59)50-47-44-41-38-35-31-24-21-18-15-12-9-6-3)51-60-54(57)48-45-42-39-36-33-30-23-20-17-14-11-8-5-2/h8-9,11-12,14-15,17-18,20-21,23-24,26-29,53H,4-7,10,13,16,19,22,25,30-52H2,1-3H3/b11-8+,12-9+,17-14+,18-15+,23-20+,24-21+,27-26+,29-28+. The molecule has 0 amide bonds. The van der Waals surface area contributed by atoms with E-state index in [2.05, 4.69) is 118 Å². The zero-order valence-electron chi connectivity index (χ0n) is 40.1. The number of rotatable bonds is 44. The van der Waals surface area contributed by atoms with Crippen LogP contribution >= 0.6 is 0 Å². The first-order valence-corrected chi connectivity index (χ1v) is 25.3. The summed E-state index contributed by atoms with van der Waals surface area (Å²) in [6, 6.07) is 0. The normalized spacial score (nSPS) is 12.9. The van der Waals surface area contributed by atoms with Crippen LogP contribution in [0.2, 0.25) is 0 Å². The summed E-state index contributed by atoms with van der Waals surface area (Å²) < 4.78 is 16.7. The molecule has 352 valence electrons. The summed E-state index contributed by atoms with van der Waals surface area (Å²) in [6.45, 7) is 6.31. The number of ether oxygens (including phenoxy) is 3. The number of carbonyl (C=O) groups excluding carboxylic acids is 3. The molecule has 0 fully saturated rings. The van der Waals surface area contributed by atoms with Gasteiger partial charge in [0.15, 0.2) is 6.10 Å². The maximum atomic E-state index is 12.8. The third-order valence-electron chi connectivity index (χ3n) is 10.5. The van der Waals surface area contributed by atoms with E-state index >= 15 is 0 Å². The Hall–Kier alpha value is -3.67. The quantitative estimate of drug-likeness (QED) is 0.0263. The number of carbonyl (C=O) groups is 3. The molecule has 0 aliphatic carbocycles. The average molecular weight is 861 g/mol. The van der Waals surface area contributed by atoms with Crippen LogP contribution in [0.5, 0.6) is 0 Å². The molecule has 0 saturated carbocycles. The van der Waals surface area contributed by atoms with Gasteiger partial charge in [0, 0.05) is 19.3 Å². The van der Waals surface area contributed by atoms with E-state index in [1.165, 1.54) is 51.4 Å². The number of esters is 3. The van der Waals surface area contributed by atoms with E-state index < -0.39 is 6.10 Å². The van der Waals surface area contributed by atoms with Gasteiger partial charge in [0.05, 0.1) is 0 Å². The second-order valence-corrected chi connectivity index (χ2v) is 16.5. The van der Waals surface area contributed by atoms with Crippen LogP contribution in [0.4, 0.5) is 0 Å². The van der Waals surface area contributed by atoms with Gasteiger partial charge in [-0.1, -0.05) is 214 Å². The maximum Gasteiger partial charge on any atom is 0.306 e. The van der Waals surface area contributed by atoms with Crippen LogP contribution in [0.15, 0.2) is 97.2 Å². The second-order valence-electron chi connectivity index (χ2n) is 16.5. The molecule has 1 unspecified atom stereocenters. The molecule has 0 bridgehead atoms. The Bertz CT molecular complexity index is 1260. The van der Waals surface area contributed by atoms with E-state index in [0.29, 0.717) is 19.3 Å². The second kappa shape index (κ2) is 50.0. The zero-order valence-corrected chi connectivity index (χ0v) is 40.1. The van der Waals surface area contributed by atoms with Gasteiger partial charge in [-0.2, -0.15) is 0 Å². The maximum absolute atomic E-state index is 12.8. The Kier molecular flexibility index (Phi) is 47.0. The van der Waals surface area contributed by atoms with Gasteiger partial charge in [0.25, 0.3) is 0 Å². The highest BCUT2D eigenvalue weighted by molar-refractivity contribution is 5.71. The molecule has 0 aromatic carbocycles. The first-order valence-electron chi connectivity index (χ1n) is 25.3. The molecule has 0 aliphatic heterocycles. The molecule has 0 spiro atoms. The molecule has 0 heterocycles. The van der Waals surface area contributed by atoms with Crippen LogP contribution < -0.4 is 0 Å². The Labute approximate surface area is 381 Å². The molecule has 0 saturated heterocycles. The summed E-state index contributed by atoms with van der Waals surface area (Å²) in [4.78, 5) is 37.9. The molecule has 6 nitrogen and oxygen atoms in total.